The minimum Gasteiger partial charge on any atom is -0.451 e. The van der Waals surface area contributed by atoms with Gasteiger partial charge in [0.05, 0.1) is 11.4 Å². The second kappa shape index (κ2) is 10.2. The van der Waals surface area contributed by atoms with E-state index in [1.807, 2.05) is 53.4 Å². The molecule has 0 bridgehead atoms. The molecule has 7 nitrogen and oxygen atoms in total. The van der Waals surface area contributed by atoms with Crippen molar-refractivity contribution in [2.45, 2.75) is 6.92 Å². The van der Waals surface area contributed by atoms with E-state index in [0.29, 0.717) is 18.8 Å². The maximum absolute atomic E-state index is 12.6. The fourth-order valence-electron chi connectivity index (χ4n) is 3.66. The molecule has 1 saturated heterocycles. The number of thiocarbonyl (C=S) groups is 1. The Morgan fingerprint density at radius 2 is 1.67 bits per heavy atom. The minimum atomic E-state index is -0.427. The van der Waals surface area contributed by atoms with Crippen molar-refractivity contribution >= 4 is 56.4 Å². The van der Waals surface area contributed by atoms with Crippen LogP contribution >= 0.6 is 28.1 Å². The quantitative estimate of drug-likeness (QED) is 0.487. The van der Waals surface area contributed by atoms with Crippen molar-refractivity contribution in [1.82, 2.24) is 10.2 Å². The summed E-state index contributed by atoms with van der Waals surface area (Å²) in [7, 11) is 0. The highest BCUT2D eigenvalue weighted by molar-refractivity contribution is 9.10. The lowest BCUT2D eigenvalue weighted by Gasteiger charge is -2.36. The van der Waals surface area contributed by atoms with Gasteiger partial charge in [-0.1, -0.05) is 40.2 Å². The molecule has 2 N–H and O–H groups in total. The molecule has 4 rings (SSSR count). The first-order chi connectivity index (χ1) is 15.9. The van der Waals surface area contributed by atoms with E-state index in [1.165, 1.54) is 0 Å². The van der Waals surface area contributed by atoms with Gasteiger partial charge < -0.3 is 19.5 Å². The monoisotopic (exact) mass is 526 g/mol. The van der Waals surface area contributed by atoms with Crippen molar-refractivity contribution in [3.63, 3.8) is 0 Å². The Morgan fingerprint density at radius 3 is 2.36 bits per heavy atom. The van der Waals surface area contributed by atoms with E-state index in [0.717, 1.165) is 34.5 Å². The Bertz CT molecular complexity index is 1170. The van der Waals surface area contributed by atoms with Crippen molar-refractivity contribution in [3.05, 3.63) is 70.9 Å². The Morgan fingerprint density at radius 1 is 0.970 bits per heavy atom. The lowest BCUT2D eigenvalue weighted by Crippen LogP contribution is -2.48. The molecule has 0 aliphatic carbocycles. The van der Waals surface area contributed by atoms with Gasteiger partial charge in [0.1, 0.15) is 5.76 Å². The Balaban J connectivity index is 1.39. The van der Waals surface area contributed by atoms with E-state index in [2.05, 4.69) is 31.5 Å². The highest BCUT2D eigenvalue weighted by Gasteiger charge is 2.21. The number of para-hydroxylation sites is 2. The van der Waals surface area contributed by atoms with Gasteiger partial charge in [0.15, 0.2) is 10.9 Å². The molecule has 0 atom stereocenters. The zero-order chi connectivity index (χ0) is 23.4. The van der Waals surface area contributed by atoms with Crippen LogP contribution in [0.1, 0.15) is 17.5 Å². The molecular formula is C24H23BrN4O3S. The van der Waals surface area contributed by atoms with Crippen LogP contribution in [0.4, 0.5) is 11.4 Å². The van der Waals surface area contributed by atoms with E-state index < -0.39 is 5.91 Å². The molecule has 0 radical (unpaired) electrons. The molecule has 1 fully saturated rings. The third-order valence-corrected chi connectivity index (χ3v) is 6.14. The van der Waals surface area contributed by atoms with Crippen LogP contribution < -0.4 is 15.5 Å². The van der Waals surface area contributed by atoms with E-state index in [1.54, 1.807) is 19.1 Å². The zero-order valence-corrected chi connectivity index (χ0v) is 20.4. The van der Waals surface area contributed by atoms with Gasteiger partial charge in [-0.3, -0.25) is 14.9 Å². The van der Waals surface area contributed by atoms with Crippen LogP contribution in [0.3, 0.4) is 0 Å². The topological polar surface area (TPSA) is 77.8 Å². The Kier molecular flexibility index (Phi) is 7.10. The fourth-order valence-corrected chi connectivity index (χ4v) is 4.13. The molecular weight excluding hydrogens is 504 g/mol. The summed E-state index contributed by atoms with van der Waals surface area (Å²) in [5.74, 6) is 0.432. The van der Waals surface area contributed by atoms with Gasteiger partial charge in [-0.15, -0.1) is 0 Å². The number of rotatable bonds is 4. The van der Waals surface area contributed by atoms with Crippen LogP contribution in [-0.2, 0) is 4.79 Å². The van der Waals surface area contributed by atoms with Crippen LogP contribution in [0.2, 0.25) is 0 Å². The van der Waals surface area contributed by atoms with Crippen LogP contribution in [0.25, 0.3) is 11.3 Å². The summed E-state index contributed by atoms with van der Waals surface area (Å²) in [5, 5.41) is 5.97. The van der Waals surface area contributed by atoms with Gasteiger partial charge in [-0.25, -0.2) is 0 Å². The summed E-state index contributed by atoms with van der Waals surface area (Å²) in [6.07, 6.45) is 0. The second-order valence-electron chi connectivity index (χ2n) is 7.59. The zero-order valence-electron chi connectivity index (χ0n) is 18.0. The van der Waals surface area contributed by atoms with Gasteiger partial charge >= 0.3 is 0 Å². The molecule has 170 valence electrons. The molecule has 1 aromatic heterocycles. The number of furan rings is 1. The number of hydrogen-bond acceptors (Lipinski definition) is 5. The molecule has 1 aliphatic heterocycles. The number of amides is 2. The lowest BCUT2D eigenvalue weighted by molar-refractivity contribution is -0.129. The Labute approximate surface area is 205 Å². The van der Waals surface area contributed by atoms with Gasteiger partial charge in [0.25, 0.3) is 5.91 Å². The van der Waals surface area contributed by atoms with Gasteiger partial charge in [0.2, 0.25) is 5.91 Å². The highest BCUT2D eigenvalue weighted by Crippen LogP contribution is 2.27. The van der Waals surface area contributed by atoms with Crippen molar-refractivity contribution in [2.75, 3.05) is 36.4 Å². The van der Waals surface area contributed by atoms with E-state index in [9.17, 15) is 9.59 Å². The number of halogens is 1. The van der Waals surface area contributed by atoms with Crippen LogP contribution in [0, 0.1) is 0 Å². The summed E-state index contributed by atoms with van der Waals surface area (Å²) in [6, 6.07) is 18.8. The highest BCUT2D eigenvalue weighted by atomic mass is 79.9. The standard InChI is InChI=1S/C24H23BrN4O3S/c1-16(30)28-12-14-29(15-13-28)20-5-3-2-4-19(20)26-24(33)27-23(31)22-11-10-21(32-22)17-6-8-18(25)9-7-17/h2-11H,12-15H2,1H3,(H2,26,27,31,33). The molecule has 0 spiro atoms. The normalized spacial score (nSPS) is 13.5. The van der Waals surface area contributed by atoms with Crippen molar-refractivity contribution in [3.8, 4) is 11.3 Å². The largest absolute Gasteiger partial charge is 0.451 e. The summed E-state index contributed by atoms with van der Waals surface area (Å²) in [6.45, 7) is 4.38. The number of piperazine rings is 1. The number of benzene rings is 2. The Hall–Kier alpha value is -3.17. The van der Waals surface area contributed by atoms with Gasteiger partial charge in [-0.2, -0.15) is 0 Å². The van der Waals surface area contributed by atoms with Crippen molar-refractivity contribution in [1.29, 1.82) is 0 Å². The van der Waals surface area contributed by atoms with E-state index >= 15 is 0 Å². The third-order valence-electron chi connectivity index (χ3n) is 5.40. The van der Waals surface area contributed by atoms with E-state index in [-0.39, 0.29) is 16.8 Å². The average Bonchev–Trinajstić information content (AvgIpc) is 3.30. The maximum atomic E-state index is 12.6. The molecule has 9 heteroatoms. The van der Waals surface area contributed by atoms with Gasteiger partial charge in [0, 0.05) is 43.1 Å². The molecule has 2 aromatic carbocycles. The first kappa shape index (κ1) is 23.0. The first-order valence-electron chi connectivity index (χ1n) is 10.5. The van der Waals surface area contributed by atoms with Crippen molar-refractivity contribution < 1.29 is 14.0 Å². The number of carbonyl (C=O) groups is 2. The molecule has 2 heterocycles. The summed E-state index contributed by atoms with van der Waals surface area (Å²) >= 11 is 8.78. The fraction of sp³-hybridized carbons (Fsp3) is 0.208. The molecule has 0 saturated carbocycles. The van der Waals surface area contributed by atoms with Crippen LogP contribution in [0.15, 0.2) is 69.6 Å². The van der Waals surface area contributed by atoms with Crippen molar-refractivity contribution in [2.24, 2.45) is 0 Å². The maximum Gasteiger partial charge on any atom is 0.293 e. The molecule has 33 heavy (non-hydrogen) atoms. The number of anilines is 2. The lowest BCUT2D eigenvalue weighted by atomic mass is 10.2. The number of carbonyl (C=O) groups excluding carboxylic acids is 2. The number of nitrogens with one attached hydrogen (secondary N) is 2. The van der Waals surface area contributed by atoms with E-state index in [4.69, 9.17) is 16.6 Å². The summed E-state index contributed by atoms with van der Waals surface area (Å²) in [4.78, 5) is 28.3. The summed E-state index contributed by atoms with van der Waals surface area (Å²) < 4.78 is 6.68. The predicted molar refractivity (Wildman–Crippen MR) is 136 cm³/mol. The average molecular weight is 527 g/mol. The smallest absolute Gasteiger partial charge is 0.293 e. The summed E-state index contributed by atoms with van der Waals surface area (Å²) in [5.41, 5.74) is 2.62. The second-order valence-corrected chi connectivity index (χ2v) is 8.91. The molecule has 0 unspecified atom stereocenters. The van der Waals surface area contributed by atoms with Gasteiger partial charge in [-0.05, 0) is 48.6 Å². The first-order valence-corrected chi connectivity index (χ1v) is 11.7. The molecule has 1 aliphatic rings. The molecule has 2 amide bonds. The minimum absolute atomic E-state index is 0.0890. The number of hydrogen-bond donors (Lipinski definition) is 2. The van der Waals surface area contributed by atoms with Crippen LogP contribution in [-0.4, -0.2) is 48.0 Å². The predicted octanol–water partition coefficient (Wildman–Crippen LogP) is 4.50. The third kappa shape index (κ3) is 5.61. The van der Waals surface area contributed by atoms with Crippen LogP contribution in [0.5, 0.6) is 0 Å². The number of nitrogens with zero attached hydrogens (tertiary/aromatic N) is 2. The SMILES string of the molecule is CC(=O)N1CCN(c2ccccc2NC(=S)NC(=O)c2ccc(-c3ccc(Br)cc3)o2)CC1. The molecule has 3 aromatic rings.